The molecule has 0 aliphatic heterocycles. The summed E-state index contributed by atoms with van der Waals surface area (Å²) in [5, 5.41) is 18.6. The van der Waals surface area contributed by atoms with E-state index >= 15 is 0 Å². The van der Waals surface area contributed by atoms with Crippen LogP contribution in [0.25, 0.3) is 10.9 Å². The molecule has 0 atom stereocenters. The second-order valence-electron chi connectivity index (χ2n) is 3.99. The lowest BCUT2D eigenvalue weighted by molar-refractivity contribution is 0.0698. The van der Waals surface area contributed by atoms with Crippen molar-refractivity contribution in [3.63, 3.8) is 0 Å². The number of unbranched alkanes of at least 4 members (excludes halogenated alkanes) is 1. The molecule has 0 spiro atoms. The molecule has 0 saturated carbocycles. The van der Waals surface area contributed by atoms with Crippen molar-refractivity contribution < 1.29 is 15.0 Å². The number of aliphatic hydroxyl groups is 1. The molecular weight excluding hydrogens is 218 g/mol. The first-order valence-corrected chi connectivity index (χ1v) is 5.66. The zero-order valence-electron chi connectivity index (χ0n) is 9.47. The van der Waals surface area contributed by atoms with Crippen LogP contribution in [0.5, 0.6) is 0 Å². The quantitative estimate of drug-likeness (QED) is 0.777. The second-order valence-corrected chi connectivity index (χ2v) is 3.99. The Morgan fingerprint density at radius 2 is 2.00 bits per heavy atom. The lowest BCUT2D eigenvalue weighted by Gasteiger charge is -2.03. The molecule has 2 N–H and O–H groups in total. The minimum Gasteiger partial charge on any atom is -0.478 e. The molecule has 17 heavy (non-hydrogen) atoms. The molecule has 1 aromatic carbocycles. The normalized spacial score (nSPS) is 10.9. The predicted octanol–water partition coefficient (Wildman–Crippen LogP) is 2.11. The topological polar surface area (TPSA) is 62.5 Å². The van der Waals surface area contributed by atoms with Gasteiger partial charge in [-0.15, -0.1) is 0 Å². The molecular formula is C13H15NO3. The average molecular weight is 233 g/mol. The molecule has 0 amide bonds. The third kappa shape index (κ3) is 2.31. The predicted molar refractivity (Wildman–Crippen MR) is 65.2 cm³/mol. The van der Waals surface area contributed by atoms with E-state index in [2.05, 4.69) is 0 Å². The minimum absolute atomic E-state index is 0.172. The summed E-state index contributed by atoms with van der Waals surface area (Å²) in [6.45, 7) is 0.902. The first-order valence-electron chi connectivity index (χ1n) is 5.66. The van der Waals surface area contributed by atoms with Crippen molar-refractivity contribution in [2.45, 2.75) is 19.4 Å². The summed E-state index contributed by atoms with van der Waals surface area (Å²) in [4.78, 5) is 11.1. The molecule has 1 heterocycles. The number of aliphatic hydroxyl groups excluding tert-OH is 1. The van der Waals surface area contributed by atoms with Gasteiger partial charge < -0.3 is 14.8 Å². The largest absolute Gasteiger partial charge is 0.478 e. The first-order chi connectivity index (χ1) is 8.24. The molecule has 1 aromatic heterocycles. The summed E-state index contributed by atoms with van der Waals surface area (Å²) in [6, 6.07) is 7.48. The molecule has 90 valence electrons. The van der Waals surface area contributed by atoms with Crippen LogP contribution in [-0.2, 0) is 6.54 Å². The number of aryl methyl sites for hydroxylation is 1. The van der Waals surface area contributed by atoms with E-state index in [0.29, 0.717) is 5.56 Å². The Balaban J connectivity index is 2.38. The maximum atomic E-state index is 11.1. The van der Waals surface area contributed by atoms with Gasteiger partial charge >= 0.3 is 5.97 Å². The van der Waals surface area contributed by atoms with Crippen LogP contribution in [-0.4, -0.2) is 27.4 Å². The van der Waals surface area contributed by atoms with Crippen molar-refractivity contribution in [1.82, 2.24) is 4.57 Å². The van der Waals surface area contributed by atoms with Gasteiger partial charge in [-0.3, -0.25) is 0 Å². The van der Waals surface area contributed by atoms with Crippen molar-refractivity contribution in [1.29, 1.82) is 0 Å². The van der Waals surface area contributed by atoms with Crippen molar-refractivity contribution in [3.05, 3.63) is 36.0 Å². The van der Waals surface area contributed by atoms with Gasteiger partial charge in [0.15, 0.2) is 0 Å². The number of rotatable bonds is 5. The highest BCUT2D eigenvalue weighted by Crippen LogP contribution is 2.21. The maximum Gasteiger partial charge on any atom is 0.337 e. The van der Waals surface area contributed by atoms with Crippen LogP contribution in [0.15, 0.2) is 30.5 Å². The summed E-state index contributed by atoms with van der Waals surface area (Å²) in [6.07, 6.45) is 3.24. The Morgan fingerprint density at radius 1 is 1.24 bits per heavy atom. The summed E-state index contributed by atoms with van der Waals surface area (Å²) in [5.41, 5.74) is 1.27. The number of carboxylic acid groups (broad SMARTS) is 1. The van der Waals surface area contributed by atoms with Crippen LogP contribution >= 0.6 is 0 Å². The van der Waals surface area contributed by atoms with E-state index < -0.39 is 5.97 Å². The van der Waals surface area contributed by atoms with Crippen molar-refractivity contribution in [2.75, 3.05) is 6.61 Å². The van der Waals surface area contributed by atoms with E-state index in [1.54, 1.807) is 6.20 Å². The van der Waals surface area contributed by atoms with Gasteiger partial charge in [-0.1, -0.05) is 18.2 Å². The number of hydrogen-bond donors (Lipinski definition) is 2. The smallest absolute Gasteiger partial charge is 0.337 e. The van der Waals surface area contributed by atoms with Crippen molar-refractivity contribution >= 4 is 16.9 Å². The Bertz CT molecular complexity index is 530. The van der Waals surface area contributed by atoms with Gasteiger partial charge in [0.25, 0.3) is 0 Å². The van der Waals surface area contributed by atoms with E-state index in [1.807, 2.05) is 28.8 Å². The van der Waals surface area contributed by atoms with Crippen LogP contribution in [0.1, 0.15) is 23.2 Å². The molecule has 0 unspecified atom stereocenters. The number of carboxylic acids is 1. The number of carbonyl (C=O) groups is 1. The molecule has 4 heteroatoms. The molecule has 0 saturated heterocycles. The second kappa shape index (κ2) is 5.01. The number of aromatic carboxylic acids is 1. The summed E-state index contributed by atoms with van der Waals surface area (Å²) in [5.74, 6) is -0.901. The van der Waals surface area contributed by atoms with Crippen LogP contribution in [0.3, 0.4) is 0 Å². The molecule has 0 bridgehead atoms. The fraction of sp³-hybridized carbons (Fsp3) is 0.308. The minimum atomic E-state index is -0.901. The zero-order valence-corrected chi connectivity index (χ0v) is 9.47. The molecule has 0 aliphatic carbocycles. The van der Waals surface area contributed by atoms with E-state index in [1.165, 1.54) is 0 Å². The van der Waals surface area contributed by atoms with Gasteiger partial charge in [0.05, 0.1) is 5.56 Å². The molecule has 0 fully saturated rings. The summed E-state index contributed by atoms with van der Waals surface area (Å²) >= 11 is 0. The van der Waals surface area contributed by atoms with Crippen LogP contribution in [0, 0.1) is 0 Å². The number of benzene rings is 1. The fourth-order valence-electron chi connectivity index (χ4n) is 2.00. The number of aromatic nitrogens is 1. The average Bonchev–Trinajstić information content (AvgIpc) is 2.69. The highest BCUT2D eigenvalue weighted by molar-refractivity contribution is 6.03. The van der Waals surface area contributed by atoms with E-state index in [-0.39, 0.29) is 6.61 Å². The molecule has 0 radical (unpaired) electrons. The highest BCUT2D eigenvalue weighted by Gasteiger charge is 2.12. The Morgan fingerprint density at radius 3 is 2.71 bits per heavy atom. The van der Waals surface area contributed by atoms with E-state index in [9.17, 15) is 4.79 Å². The SMILES string of the molecule is O=C(O)c1cn(CCCCO)c2ccccc12. The number of para-hydroxylation sites is 1. The maximum absolute atomic E-state index is 11.1. The molecule has 0 aliphatic rings. The monoisotopic (exact) mass is 233 g/mol. The third-order valence-corrected chi connectivity index (χ3v) is 2.83. The lowest BCUT2D eigenvalue weighted by Crippen LogP contribution is -1.98. The number of nitrogens with zero attached hydrogens (tertiary/aromatic N) is 1. The van der Waals surface area contributed by atoms with Gasteiger partial charge in [0.1, 0.15) is 0 Å². The van der Waals surface area contributed by atoms with Gasteiger partial charge in [-0.25, -0.2) is 4.79 Å². The Labute approximate surface area is 99.1 Å². The van der Waals surface area contributed by atoms with Gasteiger partial charge in [0, 0.05) is 30.3 Å². The molecule has 2 rings (SSSR count). The summed E-state index contributed by atoms with van der Waals surface area (Å²) < 4.78 is 1.94. The van der Waals surface area contributed by atoms with Crippen LogP contribution in [0.2, 0.25) is 0 Å². The molecule has 2 aromatic rings. The lowest BCUT2D eigenvalue weighted by atomic mass is 10.2. The highest BCUT2D eigenvalue weighted by atomic mass is 16.4. The van der Waals surface area contributed by atoms with Crippen LogP contribution < -0.4 is 0 Å². The van der Waals surface area contributed by atoms with E-state index in [4.69, 9.17) is 10.2 Å². The molecule has 4 nitrogen and oxygen atoms in total. The zero-order chi connectivity index (χ0) is 12.3. The fourth-order valence-corrected chi connectivity index (χ4v) is 2.00. The van der Waals surface area contributed by atoms with Crippen molar-refractivity contribution in [2.24, 2.45) is 0 Å². The standard InChI is InChI=1S/C13H15NO3/c15-8-4-3-7-14-9-11(13(16)17)10-5-1-2-6-12(10)14/h1-2,5-6,9,15H,3-4,7-8H2,(H,16,17). The Hall–Kier alpha value is -1.81. The van der Waals surface area contributed by atoms with Gasteiger partial charge in [-0.05, 0) is 18.9 Å². The van der Waals surface area contributed by atoms with Crippen LogP contribution in [0.4, 0.5) is 0 Å². The number of hydrogen-bond acceptors (Lipinski definition) is 2. The van der Waals surface area contributed by atoms with E-state index in [0.717, 1.165) is 30.3 Å². The summed E-state index contributed by atoms with van der Waals surface area (Å²) in [7, 11) is 0. The number of fused-ring (bicyclic) bond motifs is 1. The Kier molecular flexibility index (Phi) is 3.44. The van der Waals surface area contributed by atoms with Gasteiger partial charge in [0.2, 0.25) is 0 Å². The van der Waals surface area contributed by atoms with Gasteiger partial charge in [-0.2, -0.15) is 0 Å². The first kappa shape index (κ1) is 11.7. The van der Waals surface area contributed by atoms with Crippen molar-refractivity contribution in [3.8, 4) is 0 Å². The third-order valence-electron chi connectivity index (χ3n) is 2.83.